The average molecular weight is 511 g/mol. The van der Waals surface area contributed by atoms with Crippen molar-refractivity contribution in [2.24, 2.45) is 0 Å². The van der Waals surface area contributed by atoms with Gasteiger partial charge in [0.25, 0.3) is 11.5 Å². The second-order valence-corrected chi connectivity index (χ2v) is 10.5. The van der Waals surface area contributed by atoms with Crippen LogP contribution in [0.3, 0.4) is 0 Å². The highest BCUT2D eigenvalue weighted by Crippen LogP contribution is 2.20. The van der Waals surface area contributed by atoms with Crippen LogP contribution in [-0.4, -0.2) is 58.3 Å². The molecule has 1 fully saturated rings. The van der Waals surface area contributed by atoms with E-state index >= 15 is 0 Å². The molecule has 11 heteroatoms. The molecule has 0 saturated carbocycles. The Labute approximate surface area is 207 Å². The Morgan fingerprint density at radius 2 is 1.69 bits per heavy atom. The number of hydrogen-bond acceptors (Lipinski definition) is 6. The molecule has 186 valence electrons. The number of halogens is 1. The Morgan fingerprint density at radius 1 is 0.972 bits per heavy atom. The predicted octanol–water partition coefficient (Wildman–Crippen LogP) is 1.38. The Balaban J connectivity index is 1.39. The van der Waals surface area contributed by atoms with Crippen molar-refractivity contribution in [1.29, 1.82) is 0 Å². The zero-order chi connectivity index (χ0) is 25.3. The first-order valence-corrected chi connectivity index (χ1v) is 12.9. The number of aromatic hydroxyl groups is 1. The maximum absolute atomic E-state index is 13.3. The number of aromatic nitrogens is 3. The monoisotopic (exact) mass is 510 g/mol. The van der Waals surface area contributed by atoms with E-state index in [9.17, 15) is 22.7 Å². The van der Waals surface area contributed by atoms with Crippen molar-refractivity contribution in [3.05, 3.63) is 100 Å². The molecule has 1 aliphatic rings. The van der Waals surface area contributed by atoms with Crippen molar-refractivity contribution in [2.75, 3.05) is 26.2 Å². The van der Waals surface area contributed by atoms with Crippen LogP contribution in [-0.2, 0) is 23.1 Å². The third kappa shape index (κ3) is 4.60. The number of fused-ring (bicyclic) bond motifs is 1. The van der Waals surface area contributed by atoms with Crippen LogP contribution in [0.4, 0.5) is 4.39 Å². The molecule has 4 heterocycles. The summed E-state index contributed by atoms with van der Waals surface area (Å²) in [6.45, 7) is 1.60. The summed E-state index contributed by atoms with van der Waals surface area (Å²) in [5.41, 5.74) is 1.16. The van der Waals surface area contributed by atoms with Crippen LogP contribution in [0.25, 0.3) is 5.65 Å². The highest BCUT2D eigenvalue weighted by atomic mass is 32.2. The van der Waals surface area contributed by atoms with Gasteiger partial charge in [-0.1, -0.05) is 12.1 Å². The molecule has 1 saturated heterocycles. The highest BCUT2D eigenvalue weighted by Gasteiger charge is 2.31. The van der Waals surface area contributed by atoms with Crippen LogP contribution < -0.4 is 10.1 Å². The molecule has 9 nitrogen and oxygen atoms in total. The maximum Gasteiger partial charge on any atom is 0.350 e. The molecule has 0 spiro atoms. The van der Waals surface area contributed by atoms with Crippen molar-refractivity contribution in [3.8, 4) is 5.88 Å². The number of piperazine rings is 1. The molecule has 1 aromatic carbocycles. The van der Waals surface area contributed by atoms with Gasteiger partial charge in [-0.05, 0) is 42.5 Å². The fourth-order valence-corrected chi connectivity index (χ4v) is 5.82. The number of pyridine rings is 2. The van der Waals surface area contributed by atoms with Crippen molar-refractivity contribution in [3.63, 3.8) is 0 Å². The number of hydrogen-bond donors (Lipinski definition) is 1. The van der Waals surface area contributed by atoms with Gasteiger partial charge >= 0.3 is 5.56 Å². The number of benzene rings is 1. The SMILES string of the molecule is O=c1c(CN2CCN(S(=O)(=O)c3ccc(F)cc3)CC2)c(O)[n+](Cc2ccccn2)c2ccccn12. The van der Waals surface area contributed by atoms with Gasteiger partial charge in [0.1, 0.15) is 17.9 Å². The van der Waals surface area contributed by atoms with Crippen LogP contribution in [0.15, 0.2) is 82.7 Å². The standard InChI is InChI=1S/C25H24FN5O4S/c26-19-7-9-21(10-8-19)36(34,35)29-15-13-28(14-16-29)18-22-24(32)30-12-4-2-6-23(30)31(25(22)33)17-20-5-1-3-11-27-20/h1-12H,13-18H2/p+1. The molecule has 5 rings (SSSR count). The number of nitrogens with zero attached hydrogens (tertiary/aromatic N) is 5. The largest absolute Gasteiger partial charge is 0.477 e. The van der Waals surface area contributed by atoms with Gasteiger partial charge in [-0.2, -0.15) is 13.3 Å². The van der Waals surface area contributed by atoms with E-state index in [1.54, 1.807) is 35.2 Å². The minimum atomic E-state index is -3.75. The van der Waals surface area contributed by atoms with E-state index in [0.29, 0.717) is 18.7 Å². The van der Waals surface area contributed by atoms with Gasteiger partial charge in [-0.25, -0.2) is 17.6 Å². The van der Waals surface area contributed by atoms with Gasteiger partial charge < -0.3 is 5.11 Å². The third-order valence-electron chi connectivity index (χ3n) is 6.33. The molecular formula is C25H25FN5O4S+. The summed E-state index contributed by atoms with van der Waals surface area (Å²) in [7, 11) is -3.75. The topological polar surface area (TPSA) is 99.1 Å². The summed E-state index contributed by atoms with van der Waals surface area (Å²) in [4.78, 5) is 19.6. The average Bonchev–Trinajstić information content (AvgIpc) is 2.90. The fourth-order valence-electron chi connectivity index (χ4n) is 4.39. The highest BCUT2D eigenvalue weighted by molar-refractivity contribution is 7.89. The van der Waals surface area contributed by atoms with E-state index in [1.165, 1.54) is 20.8 Å². The molecule has 1 aliphatic heterocycles. The molecule has 1 N–H and O–H groups in total. The molecular weight excluding hydrogens is 485 g/mol. The Morgan fingerprint density at radius 3 is 2.39 bits per heavy atom. The smallest absolute Gasteiger partial charge is 0.350 e. The second-order valence-electron chi connectivity index (χ2n) is 8.58. The lowest BCUT2D eigenvalue weighted by Crippen LogP contribution is -2.49. The summed E-state index contributed by atoms with van der Waals surface area (Å²) < 4.78 is 43.6. The lowest BCUT2D eigenvalue weighted by atomic mass is 10.2. The van der Waals surface area contributed by atoms with Gasteiger partial charge in [0.05, 0.1) is 16.8 Å². The zero-order valence-electron chi connectivity index (χ0n) is 19.4. The molecule has 0 amide bonds. The molecule has 0 atom stereocenters. The van der Waals surface area contributed by atoms with Crippen LogP contribution in [0.1, 0.15) is 11.3 Å². The van der Waals surface area contributed by atoms with E-state index < -0.39 is 15.8 Å². The van der Waals surface area contributed by atoms with E-state index in [4.69, 9.17) is 0 Å². The van der Waals surface area contributed by atoms with Gasteiger partial charge in [0, 0.05) is 45.0 Å². The maximum atomic E-state index is 13.3. The molecule has 3 aromatic heterocycles. The molecule has 4 aromatic rings. The Hall–Kier alpha value is -3.67. The molecule has 0 bridgehead atoms. The van der Waals surface area contributed by atoms with Crippen molar-refractivity contribution in [2.45, 2.75) is 18.0 Å². The lowest BCUT2D eigenvalue weighted by molar-refractivity contribution is -0.673. The van der Waals surface area contributed by atoms with Crippen LogP contribution in [0.2, 0.25) is 0 Å². The fraction of sp³-hybridized carbons (Fsp3) is 0.240. The van der Waals surface area contributed by atoms with E-state index in [1.807, 2.05) is 23.1 Å². The Bertz CT molecular complexity index is 1550. The van der Waals surface area contributed by atoms with Crippen LogP contribution >= 0.6 is 0 Å². The molecule has 0 radical (unpaired) electrons. The number of rotatable bonds is 6. The summed E-state index contributed by atoms with van der Waals surface area (Å²) in [6.07, 6.45) is 3.33. The number of sulfonamides is 1. The van der Waals surface area contributed by atoms with E-state index in [0.717, 1.165) is 17.8 Å². The van der Waals surface area contributed by atoms with Crippen molar-refractivity contribution >= 4 is 15.7 Å². The summed E-state index contributed by atoms with van der Waals surface area (Å²) in [5, 5.41) is 11.2. The molecule has 0 unspecified atom stereocenters. The minimum Gasteiger partial charge on any atom is -0.477 e. The van der Waals surface area contributed by atoms with Gasteiger partial charge in [-0.3, -0.25) is 9.88 Å². The quantitative estimate of drug-likeness (QED) is 0.394. The predicted molar refractivity (Wildman–Crippen MR) is 129 cm³/mol. The third-order valence-corrected chi connectivity index (χ3v) is 8.24. The molecule has 36 heavy (non-hydrogen) atoms. The summed E-state index contributed by atoms with van der Waals surface area (Å²) in [6, 6.07) is 15.6. The van der Waals surface area contributed by atoms with E-state index in [2.05, 4.69) is 4.98 Å². The van der Waals surface area contributed by atoms with Gasteiger partial charge in [0.2, 0.25) is 10.0 Å². The molecule has 0 aliphatic carbocycles. The summed E-state index contributed by atoms with van der Waals surface area (Å²) in [5.74, 6) is -0.640. The normalized spacial score (nSPS) is 15.4. The Kier molecular flexibility index (Phi) is 6.52. The van der Waals surface area contributed by atoms with Crippen molar-refractivity contribution < 1.29 is 22.5 Å². The first kappa shape index (κ1) is 24.0. The van der Waals surface area contributed by atoms with Crippen LogP contribution in [0, 0.1) is 5.82 Å². The van der Waals surface area contributed by atoms with Gasteiger partial charge in [-0.15, -0.1) is 0 Å². The van der Waals surface area contributed by atoms with Crippen molar-refractivity contribution in [1.82, 2.24) is 18.6 Å². The lowest BCUT2D eigenvalue weighted by Gasteiger charge is -2.33. The first-order chi connectivity index (χ1) is 17.3. The van der Waals surface area contributed by atoms with Crippen LogP contribution in [0.5, 0.6) is 5.88 Å². The first-order valence-electron chi connectivity index (χ1n) is 11.5. The van der Waals surface area contributed by atoms with E-state index in [-0.39, 0.29) is 48.1 Å². The minimum absolute atomic E-state index is 0.0401. The van der Waals surface area contributed by atoms with Gasteiger partial charge in [0.15, 0.2) is 0 Å². The second kappa shape index (κ2) is 9.76. The summed E-state index contributed by atoms with van der Waals surface area (Å²) >= 11 is 0. The zero-order valence-corrected chi connectivity index (χ0v) is 20.2.